The molecule has 1 amide bonds. The number of nitrogens with zero attached hydrogens (tertiary/aromatic N) is 3. The second-order valence-electron chi connectivity index (χ2n) is 7.07. The molecule has 29 heavy (non-hydrogen) atoms. The molecule has 0 radical (unpaired) electrons. The highest BCUT2D eigenvalue weighted by Crippen LogP contribution is 2.29. The number of hydrogen-bond donors (Lipinski definition) is 0. The van der Waals surface area contributed by atoms with Crippen LogP contribution in [0.25, 0.3) is 0 Å². The van der Waals surface area contributed by atoms with Crippen LogP contribution in [0.4, 0.5) is 5.69 Å². The Morgan fingerprint density at radius 1 is 1.24 bits per heavy atom. The van der Waals surface area contributed by atoms with E-state index in [0.717, 1.165) is 30.9 Å². The third kappa shape index (κ3) is 4.41. The Hall–Kier alpha value is -2.51. The number of benzene rings is 1. The Balaban J connectivity index is 1.38. The van der Waals surface area contributed by atoms with Gasteiger partial charge in [0.25, 0.3) is 5.91 Å². The van der Waals surface area contributed by atoms with E-state index in [4.69, 9.17) is 25.8 Å². The van der Waals surface area contributed by atoms with E-state index >= 15 is 0 Å². The average molecular weight is 418 g/mol. The zero-order valence-electron chi connectivity index (χ0n) is 16.3. The van der Waals surface area contributed by atoms with Gasteiger partial charge in [-0.05, 0) is 18.2 Å². The summed E-state index contributed by atoms with van der Waals surface area (Å²) in [6.45, 7) is 3.92. The predicted molar refractivity (Wildman–Crippen MR) is 110 cm³/mol. The molecule has 7 nitrogen and oxygen atoms in total. The van der Waals surface area contributed by atoms with E-state index in [1.54, 1.807) is 13.2 Å². The second kappa shape index (κ2) is 8.88. The molecule has 0 aliphatic carbocycles. The van der Waals surface area contributed by atoms with Crippen molar-refractivity contribution in [2.45, 2.75) is 12.5 Å². The summed E-state index contributed by atoms with van der Waals surface area (Å²) < 4.78 is 16.5. The van der Waals surface area contributed by atoms with Gasteiger partial charge in [-0.15, -0.1) is 0 Å². The Morgan fingerprint density at radius 2 is 2.03 bits per heavy atom. The van der Waals surface area contributed by atoms with Gasteiger partial charge >= 0.3 is 0 Å². The third-order valence-corrected chi connectivity index (χ3v) is 5.48. The molecule has 1 aromatic carbocycles. The van der Waals surface area contributed by atoms with Crippen LogP contribution in [0.15, 0.2) is 36.5 Å². The van der Waals surface area contributed by atoms with E-state index in [1.165, 1.54) is 6.20 Å². The van der Waals surface area contributed by atoms with Crippen molar-refractivity contribution in [3.8, 4) is 11.6 Å². The molecule has 2 fully saturated rings. The van der Waals surface area contributed by atoms with Gasteiger partial charge in [-0.1, -0.05) is 23.7 Å². The number of aromatic nitrogens is 1. The van der Waals surface area contributed by atoms with E-state index in [0.29, 0.717) is 42.8 Å². The maximum absolute atomic E-state index is 12.9. The van der Waals surface area contributed by atoms with Gasteiger partial charge in [-0.3, -0.25) is 4.79 Å². The zero-order chi connectivity index (χ0) is 20.2. The molecule has 0 bridgehead atoms. The number of halogens is 1. The number of carbonyl (C=O) groups is 1. The van der Waals surface area contributed by atoms with Crippen LogP contribution in [0.3, 0.4) is 0 Å². The first kappa shape index (κ1) is 19.8. The van der Waals surface area contributed by atoms with Crippen LogP contribution in [0.1, 0.15) is 16.8 Å². The molecule has 0 N–H and O–H groups in total. The quantitative estimate of drug-likeness (QED) is 0.745. The lowest BCUT2D eigenvalue weighted by Crippen LogP contribution is -2.48. The molecular weight excluding hydrogens is 394 g/mol. The summed E-state index contributed by atoms with van der Waals surface area (Å²) in [7, 11) is 1.67. The molecular formula is C21H24ClN3O4. The van der Waals surface area contributed by atoms with E-state index in [1.807, 2.05) is 29.2 Å². The van der Waals surface area contributed by atoms with Crippen LogP contribution >= 0.6 is 11.6 Å². The van der Waals surface area contributed by atoms with Gasteiger partial charge in [0.1, 0.15) is 16.9 Å². The highest BCUT2D eigenvalue weighted by atomic mass is 35.5. The van der Waals surface area contributed by atoms with Crippen LogP contribution in [0.2, 0.25) is 5.02 Å². The molecule has 3 heterocycles. The third-order valence-electron chi connectivity index (χ3n) is 5.21. The summed E-state index contributed by atoms with van der Waals surface area (Å²) in [6.07, 6.45) is 2.31. The number of methoxy groups -OCH3 is 1. The lowest BCUT2D eigenvalue weighted by molar-refractivity contribution is 0.0746. The molecule has 0 saturated carbocycles. The van der Waals surface area contributed by atoms with Gasteiger partial charge in [0.15, 0.2) is 0 Å². The predicted octanol–water partition coefficient (Wildman–Crippen LogP) is 2.87. The van der Waals surface area contributed by atoms with Gasteiger partial charge < -0.3 is 24.0 Å². The molecule has 1 aromatic heterocycles. The number of ether oxygens (including phenoxy) is 3. The Bertz CT molecular complexity index is 865. The van der Waals surface area contributed by atoms with Crippen LogP contribution < -0.4 is 14.4 Å². The second-order valence-corrected chi connectivity index (χ2v) is 7.47. The first-order valence-corrected chi connectivity index (χ1v) is 10.1. The SMILES string of the molecule is COc1ccccc1N1CCN(C(=O)c2cnc(O[C@H]3CCOC3)c(Cl)c2)CC1. The summed E-state index contributed by atoms with van der Waals surface area (Å²) in [5.41, 5.74) is 1.51. The number of hydrogen-bond acceptors (Lipinski definition) is 6. The fourth-order valence-corrected chi connectivity index (χ4v) is 3.83. The van der Waals surface area contributed by atoms with Crippen LogP contribution in [0, 0.1) is 0 Å². The molecule has 4 rings (SSSR count). The fraction of sp³-hybridized carbons (Fsp3) is 0.429. The van der Waals surface area contributed by atoms with Crippen molar-refractivity contribution in [2.24, 2.45) is 0 Å². The molecule has 1 atom stereocenters. The van der Waals surface area contributed by atoms with Crippen molar-refractivity contribution in [1.29, 1.82) is 0 Å². The number of anilines is 1. The van der Waals surface area contributed by atoms with Crippen LogP contribution in [-0.2, 0) is 4.74 Å². The van der Waals surface area contributed by atoms with Crippen molar-refractivity contribution in [2.75, 3.05) is 51.4 Å². The Morgan fingerprint density at radius 3 is 2.72 bits per heavy atom. The molecule has 154 valence electrons. The Kier molecular flexibility index (Phi) is 6.06. The minimum absolute atomic E-state index is 0.0374. The lowest BCUT2D eigenvalue weighted by atomic mass is 10.2. The van der Waals surface area contributed by atoms with Crippen molar-refractivity contribution in [3.63, 3.8) is 0 Å². The molecule has 2 aromatic rings. The normalized spacial score (nSPS) is 19.3. The number of para-hydroxylation sites is 2. The van der Waals surface area contributed by atoms with E-state index < -0.39 is 0 Å². The summed E-state index contributed by atoms with van der Waals surface area (Å²) in [6, 6.07) is 9.56. The first-order valence-electron chi connectivity index (χ1n) is 9.73. The molecule has 2 aliphatic rings. The van der Waals surface area contributed by atoms with Crippen molar-refractivity contribution >= 4 is 23.2 Å². The van der Waals surface area contributed by atoms with Gasteiger partial charge in [0, 0.05) is 38.8 Å². The molecule has 0 unspecified atom stereocenters. The van der Waals surface area contributed by atoms with Crippen molar-refractivity contribution < 1.29 is 19.0 Å². The number of carbonyl (C=O) groups excluding carboxylic acids is 1. The van der Waals surface area contributed by atoms with Crippen LogP contribution in [0.5, 0.6) is 11.6 Å². The largest absolute Gasteiger partial charge is 0.495 e. The smallest absolute Gasteiger partial charge is 0.255 e. The standard InChI is InChI=1S/C21H24ClN3O4/c1-27-19-5-3-2-4-18(19)24-7-9-25(10-8-24)21(26)15-12-17(22)20(23-13-15)29-16-6-11-28-14-16/h2-5,12-13,16H,6-11,14H2,1H3/t16-/m0/s1. The number of amides is 1. The van der Waals surface area contributed by atoms with Gasteiger partial charge in [-0.25, -0.2) is 4.98 Å². The van der Waals surface area contributed by atoms with E-state index in [9.17, 15) is 4.79 Å². The zero-order valence-corrected chi connectivity index (χ0v) is 17.1. The maximum atomic E-state index is 12.9. The minimum atomic E-state index is -0.0742. The van der Waals surface area contributed by atoms with Gasteiger partial charge in [0.2, 0.25) is 5.88 Å². The minimum Gasteiger partial charge on any atom is -0.495 e. The Labute approximate surface area is 175 Å². The molecule has 2 aliphatic heterocycles. The first-order chi connectivity index (χ1) is 14.2. The van der Waals surface area contributed by atoms with E-state index in [-0.39, 0.29) is 12.0 Å². The average Bonchev–Trinajstić information content (AvgIpc) is 3.28. The van der Waals surface area contributed by atoms with Gasteiger partial charge in [0.05, 0.1) is 31.6 Å². The molecule has 2 saturated heterocycles. The van der Waals surface area contributed by atoms with Crippen molar-refractivity contribution in [3.05, 3.63) is 47.1 Å². The highest BCUT2D eigenvalue weighted by Gasteiger charge is 2.25. The highest BCUT2D eigenvalue weighted by molar-refractivity contribution is 6.32. The number of pyridine rings is 1. The van der Waals surface area contributed by atoms with E-state index in [2.05, 4.69) is 9.88 Å². The summed E-state index contributed by atoms with van der Waals surface area (Å²) in [4.78, 5) is 21.2. The lowest BCUT2D eigenvalue weighted by Gasteiger charge is -2.36. The topological polar surface area (TPSA) is 64.1 Å². The molecule has 8 heteroatoms. The fourth-order valence-electron chi connectivity index (χ4n) is 3.62. The maximum Gasteiger partial charge on any atom is 0.255 e. The summed E-state index contributed by atoms with van der Waals surface area (Å²) in [5, 5.41) is 0.343. The van der Waals surface area contributed by atoms with Crippen LogP contribution in [-0.4, -0.2) is 68.4 Å². The monoisotopic (exact) mass is 417 g/mol. The molecule has 0 spiro atoms. The summed E-state index contributed by atoms with van der Waals surface area (Å²) in [5.74, 6) is 1.11. The van der Waals surface area contributed by atoms with Crippen molar-refractivity contribution in [1.82, 2.24) is 9.88 Å². The summed E-state index contributed by atoms with van der Waals surface area (Å²) >= 11 is 6.31. The number of rotatable bonds is 5. The van der Waals surface area contributed by atoms with Gasteiger partial charge in [-0.2, -0.15) is 0 Å². The number of piperazine rings is 1.